The third kappa shape index (κ3) is 3.16. The van der Waals surface area contributed by atoms with Crippen LogP contribution in [0.2, 0.25) is 0 Å². The number of hydrogen-bond donors (Lipinski definition) is 2. The number of fused-ring (bicyclic) bond motifs is 1. The third-order valence-electron chi connectivity index (χ3n) is 4.04. The van der Waals surface area contributed by atoms with E-state index in [-0.39, 0.29) is 5.78 Å². The molecule has 7 nitrogen and oxygen atoms in total. The smallest absolute Gasteiger partial charge is 0.189 e. The molecule has 0 radical (unpaired) electrons. The Morgan fingerprint density at radius 3 is 2.59 bits per heavy atom. The van der Waals surface area contributed by atoms with Gasteiger partial charge in [-0.1, -0.05) is 13.8 Å². The first kappa shape index (κ1) is 16.9. The molecule has 22 heavy (non-hydrogen) atoms. The molecule has 1 aromatic rings. The Balaban J connectivity index is 2.18. The van der Waals surface area contributed by atoms with Crippen LogP contribution < -0.4 is 4.90 Å². The zero-order chi connectivity index (χ0) is 16.3. The number of ketones is 1. The number of hydrogen-bond acceptors (Lipinski definition) is 6. The van der Waals surface area contributed by atoms with Crippen molar-refractivity contribution in [2.75, 3.05) is 18.5 Å². The first-order valence-corrected chi connectivity index (χ1v) is 7.92. The number of carbonyl (C=O) groups is 1. The van der Waals surface area contributed by atoms with E-state index in [9.17, 15) is 15.0 Å². The third-order valence-corrected chi connectivity index (χ3v) is 4.04. The molecule has 7 heteroatoms. The molecule has 1 aliphatic heterocycles. The van der Waals surface area contributed by atoms with Crippen LogP contribution in [0.25, 0.3) is 0 Å². The summed E-state index contributed by atoms with van der Waals surface area (Å²) in [7, 11) is 1.74. The second-order valence-corrected chi connectivity index (χ2v) is 5.75. The summed E-state index contributed by atoms with van der Waals surface area (Å²) in [6.07, 6.45) is 2.36. The molecule has 1 aromatic heterocycles. The minimum absolute atomic E-state index is 0.150. The summed E-state index contributed by atoms with van der Waals surface area (Å²) in [5.41, 5.74) is 0.678. The number of anilines is 1. The van der Waals surface area contributed by atoms with Crippen LogP contribution >= 0.6 is 0 Å². The zero-order valence-corrected chi connectivity index (χ0v) is 13.6. The molecule has 0 aromatic carbocycles. The lowest BCUT2D eigenvalue weighted by atomic mass is 10.1. The fourth-order valence-corrected chi connectivity index (χ4v) is 2.85. The molecule has 0 amide bonds. The van der Waals surface area contributed by atoms with E-state index < -0.39 is 12.6 Å². The highest BCUT2D eigenvalue weighted by Gasteiger charge is 2.38. The lowest BCUT2D eigenvalue weighted by molar-refractivity contribution is -0.128. The molecule has 0 saturated carbocycles. The summed E-state index contributed by atoms with van der Waals surface area (Å²) in [5, 5.41) is 21.0. The lowest BCUT2D eigenvalue weighted by Gasteiger charge is -2.42. The highest BCUT2D eigenvalue weighted by molar-refractivity contribution is 5.78. The summed E-state index contributed by atoms with van der Waals surface area (Å²) in [5.74, 6) is 0.738. The van der Waals surface area contributed by atoms with E-state index in [1.165, 1.54) is 4.90 Å². The molecule has 0 spiro atoms. The fourth-order valence-electron chi connectivity index (χ4n) is 2.85. The van der Waals surface area contributed by atoms with Gasteiger partial charge in [0.25, 0.3) is 0 Å². The van der Waals surface area contributed by atoms with Gasteiger partial charge in [0.1, 0.15) is 11.5 Å². The summed E-state index contributed by atoms with van der Waals surface area (Å²) in [6.45, 7) is 5.10. The van der Waals surface area contributed by atoms with E-state index >= 15 is 0 Å². The predicted octanol–water partition coefficient (Wildman–Crippen LogP) is 1.07. The maximum Gasteiger partial charge on any atom is 0.189 e. The van der Waals surface area contributed by atoms with Gasteiger partial charge in [-0.05, 0) is 12.8 Å². The Morgan fingerprint density at radius 1 is 1.23 bits per heavy atom. The van der Waals surface area contributed by atoms with E-state index in [1.807, 2.05) is 11.5 Å². The van der Waals surface area contributed by atoms with Crippen molar-refractivity contribution in [1.82, 2.24) is 14.5 Å². The molecule has 0 saturated heterocycles. The number of Topliss-reactive ketones (excluding diaryl/α,β-unsaturated/α-hetero) is 1. The monoisotopic (exact) mass is 310 g/mol. The van der Waals surface area contributed by atoms with Crippen molar-refractivity contribution in [2.24, 2.45) is 0 Å². The summed E-state index contributed by atoms with van der Waals surface area (Å²) < 4.78 is 1.91. The average Bonchev–Trinajstić information content (AvgIpc) is 2.90. The van der Waals surface area contributed by atoms with Crippen LogP contribution in [0.1, 0.15) is 51.5 Å². The number of imidazole rings is 1. The molecule has 2 heterocycles. The molecule has 124 valence electrons. The minimum Gasteiger partial charge on any atom is -0.372 e. The van der Waals surface area contributed by atoms with Gasteiger partial charge >= 0.3 is 0 Å². The summed E-state index contributed by atoms with van der Waals surface area (Å²) in [6, 6.07) is 0. The van der Waals surface area contributed by atoms with Crippen molar-refractivity contribution < 1.29 is 15.0 Å². The van der Waals surface area contributed by atoms with Crippen LogP contribution in [0.3, 0.4) is 0 Å². The van der Waals surface area contributed by atoms with Crippen molar-refractivity contribution in [3.63, 3.8) is 0 Å². The molecular weight excluding hydrogens is 284 g/mol. The number of aliphatic hydroxyl groups excluding tert-OH is 2. The topological polar surface area (TPSA) is 81.8 Å². The minimum atomic E-state index is -0.984. The fraction of sp³-hybridized carbons (Fsp3) is 0.733. The van der Waals surface area contributed by atoms with Crippen molar-refractivity contribution in [1.29, 1.82) is 0 Å². The van der Waals surface area contributed by atoms with E-state index in [2.05, 4.69) is 11.9 Å². The number of rotatable bonds is 7. The molecule has 1 aliphatic rings. The van der Waals surface area contributed by atoms with Crippen LogP contribution in [-0.2, 0) is 11.3 Å². The quantitative estimate of drug-likeness (QED) is 0.784. The molecule has 2 unspecified atom stereocenters. The van der Waals surface area contributed by atoms with Gasteiger partial charge in [0.15, 0.2) is 18.4 Å². The maximum atomic E-state index is 11.7. The molecular formula is C15H26N4O3. The largest absolute Gasteiger partial charge is 0.372 e. The second kappa shape index (κ2) is 7.21. The van der Waals surface area contributed by atoms with Gasteiger partial charge in [0, 0.05) is 33.0 Å². The molecule has 2 N–H and O–H groups in total. The Labute approximate surface area is 131 Å². The standard InChI is InChI=1S/C15H26N4O3/c1-4-6-11(20)7-9-19-14(21)12-13(17(3)15(19)22)16-10-18(12)8-5-2/h10,14-15,21-22H,4-9H2,1-3H3. The molecule has 0 fully saturated rings. The first-order valence-electron chi connectivity index (χ1n) is 7.92. The van der Waals surface area contributed by atoms with Crippen molar-refractivity contribution in [3.8, 4) is 0 Å². The van der Waals surface area contributed by atoms with Gasteiger partial charge in [0.2, 0.25) is 0 Å². The van der Waals surface area contributed by atoms with E-state index in [0.717, 1.165) is 19.4 Å². The number of aliphatic hydroxyl groups is 2. The van der Waals surface area contributed by atoms with Crippen molar-refractivity contribution in [3.05, 3.63) is 12.0 Å². The van der Waals surface area contributed by atoms with Crippen LogP contribution in [0.5, 0.6) is 0 Å². The van der Waals surface area contributed by atoms with Crippen LogP contribution in [0, 0.1) is 0 Å². The van der Waals surface area contributed by atoms with Gasteiger partial charge in [-0.15, -0.1) is 0 Å². The molecule has 2 atom stereocenters. The highest BCUT2D eigenvalue weighted by Crippen LogP contribution is 2.35. The van der Waals surface area contributed by atoms with Gasteiger partial charge < -0.3 is 19.7 Å². The Bertz CT molecular complexity index is 517. The van der Waals surface area contributed by atoms with Crippen LogP contribution in [0.4, 0.5) is 5.82 Å². The Kier molecular flexibility index (Phi) is 5.55. The van der Waals surface area contributed by atoms with Gasteiger partial charge in [-0.2, -0.15) is 0 Å². The molecule has 2 rings (SSSR count). The van der Waals surface area contributed by atoms with Crippen LogP contribution in [-0.4, -0.2) is 50.4 Å². The number of aromatic nitrogens is 2. The van der Waals surface area contributed by atoms with Crippen molar-refractivity contribution >= 4 is 11.6 Å². The summed E-state index contributed by atoms with van der Waals surface area (Å²) in [4.78, 5) is 19.2. The molecule has 0 bridgehead atoms. The molecule has 0 aliphatic carbocycles. The highest BCUT2D eigenvalue weighted by atomic mass is 16.3. The first-order chi connectivity index (χ1) is 10.5. The van der Waals surface area contributed by atoms with E-state index in [4.69, 9.17) is 0 Å². The SMILES string of the molecule is CCCC(=O)CCN1C(O)c2c(ncn2CCC)N(C)C1O. The number of nitrogens with zero attached hydrogens (tertiary/aromatic N) is 4. The zero-order valence-electron chi connectivity index (χ0n) is 13.6. The van der Waals surface area contributed by atoms with E-state index in [1.54, 1.807) is 18.3 Å². The maximum absolute atomic E-state index is 11.7. The Hall–Kier alpha value is -1.44. The van der Waals surface area contributed by atoms with Gasteiger partial charge in [0.05, 0.1) is 6.33 Å². The Morgan fingerprint density at radius 2 is 1.95 bits per heavy atom. The van der Waals surface area contributed by atoms with Crippen molar-refractivity contribution in [2.45, 2.75) is 58.7 Å². The van der Waals surface area contributed by atoms with E-state index in [0.29, 0.717) is 30.9 Å². The number of carbonyl (C=O) groups excluding carboxylic acids is 1. The van der Waals surface area contributed by atoms with Crippen LogP contribution in [0.15, 0.2) is 6.33 Å². The number of aryl methyl sites for hydroxylation is 1. The second-order valence-electron chi connectivity index (χ2n) is 5.75. The predicted molar refractivity (Wildman–Crippen MR) is 83.1 cm³/mol. The summed E-state index contributed by atoms with van der Waals surface area (Å²) >= 11 is 0. The van der Waals surface area contributed by atoms with Gasteiger partial charge in [-0.25, -0.2) is 9.88 Å². The lowest BCUT2D eigenvalue weighted by Crippen LogP contribution is -2.53. The van der Waals surface area contributed by atoms with Gasteiger partial charge in [-0.3, -0.25) is 4.79 Å². The average molecular weight is 310 g/mol. The normalized spacial score (nSPS) is 22.0.